The van der Waals surface area contributed by atoms with Crippen molar-refractivity contribution < 1.29 is 23.8 Å². The quantitative estimate of drug-likeness (QED) is 0.248. The highest BCUT2D eigenvalue weighted by Crippen LogP contribution is 2.29. The molecule has 4 atom stereocenters. The van der Waals surface area contributed by atoms with Gasteiger partial charge in [0.15, 0.2) is 0 Å². The molecule has 9 heteroatoms. The van der Waals surface area contributed by atoms with E-state index >= 15 is 0 Å². The van der Waals surface area contributed by atoms with Crippen molar-refractivity contribution in [3.8, 4) is 0 Å². The zero-order chi connectivity index (χ0) is 23.6. The first-order valence-corrected chi connectivity index (χ1v) is 10.8. The maximum Gasteiger partial charge on any atom is 0.303 e. The van der Waals surface area contributed by atoms with Gasteiger partial charge in [0.2, 0.25) is 0 Å². The topological polar surface area (TPSA) is 114 Å². The molecule has 0 amide bonds. The molecule has 0 saturated carbocycles. The fraction of sp³-hybridized carbons (Fsp3) is 0.417. The van der Waals surface area contributed by atoms with Gasteiger partial charge in [-0.15, -0.1) is 0 Å². The number of hydrogen-bond acceptors (Lipinski definition) is 7. The summed E-state index contributed by atoms with van der Waals surface area (Å²) < 4.78 is 17.3. The van der Waals surface area contributed by atoms with Gasteiger partial charge < -0.3 is 14.2 Å². The lowest BCUT2D eigenvalue weighted by Gasteiger charge is -2.46. The first-order valence-electron chi connectivity index (χ1n) is 10.8. The number of nitrogens with zero attached hydrogens (tertiary/aromatic N) is 4. The van der Waals surface area contributed by atoms with Crippen LogP contribution in [-0.2, 0) is 37.0 Å². The van der Waals surface area contributed by atoms with Crippen molar-refractivity contribution in [1.82, 2.24) is 4.90 Å². The van der Waals surface area contributed by atoms with Crippen LogP contribution in [0.3, 0.4) is 0 Å². The Labute approximate surface area is 192 Å². The Bertz CT molecular complexity index is 965. The van der Waals surface area contributed by atoms with Gasteiger partial charge in [0.25, 0.3) is 0 Å². The van der Waals surface area contributed by atoms with Crippen LogP contribution in [0.2, 0.25) is 0 Å². The van der Waals surface area contributed by atoms with Crippen LogP contribution in [0.1, 0.15) is 25.0 Å². The number of esters is 2. The average Bonchev–Trinajstić information content (AvgIpc) is 2.80. The Morgan fingerprint density at radius 3 is 2.21 bits per heavy atom. The molecule has 174 valence electrons. The number of hydrogen-bond donors (Lipinski definition) is 0. The van der Waals surface area contributed by atoms with E-state index < -0.39 is 36.2 Å². The molecular formula is C24H28N4O5. The third-order valence-electron chi connectivity index (χ3n) is 5.45. The van der Waals surface area contributed by atoms with Crippen molar-refractivity contribution in [2.24, 2.45) is 5.11 Å². The van der Waals surface area contributed by atoms with Gasteiger partial charge in [0.1, 0.15) is 18.8 Å². The highest BCUT2D eigenvalue weighted by molar-refractivity contribution is 5.66. The first-order chi connectivity index (χ1) is 16.0. The molecule has 0 bridgehead atoms. The molecular weight excluding hydrogens is 424 g/mol. The number of ether oxygens (including phenoxy) is 3. The van der Waals surface area contributed by atoms with Crippen molar-refractivity contribution in [3.63, 3.8) is 0 Å². The minimum atomic E-state index is -0.824. The highest BCUT2D eigenvalue weighted by atomic mass is 16.6. The van der Waals surface area contributed by atoms with Crippen molar-refractivity contribution >= 4 is 11.9 Å². The molecule has 1 aliphatic rings. The van der Waals surface area contributed by atoms with E-state index in [1.807, 2.05) is 65.6 Å². The molecule has 1 heterocycles. The predicted octanol–water partition coefficient (Wildman–Crippen LogP) is 3.63. The summed E-state index contributed by atoms with van der Waals surface area (Å²) in [7, 11) is 0. The predicted molar refractivity (Wildman–Crippen MR) is 121 cm³/mol. The van der Waals surface area contributed by atoms with Gasteiger partial charge in [0.05, 0.1) is 18.7 Å². The number of benzene rings is 2. The summed E-state index contributed by atoms with van der Waals surface area (Å²) in [5.41, 5.74) is 11.1. The summed E-state index contributed by atoms with van der Waals surface area (Å²) >= 11 is 0. The first kappa shape index (κ1) is 24.3. The van der Waals surface area contributed by atoms with E-state index in [-0.39, 0.29) is 13.2 Å². The van der Waals surface area contributed by atoms with Gasteiger partial charge in [-0.25, -0.2) is 0 Å². The van der Waals surface area contributed by atoms with Crippen molar-refractivity contribution in [2.75, 3.05) is 13.2 Å². The van der Waals surface area contributed by atoms with Crippen LogP contribution < -0.4 is 0 Å². The summed E-state index contributed by atoms with van der Waals surface area (Å²) in [6, 6.07) is 18.3. The monoisotopic (exact) mass is 452 g/mol. The summed E-state index contributed by atoms with van der Waals surface area (Å²) in [4.78, 5) is 28.6. The van der Waals surface area contributed by atoms with Crippen molar-refractivity contribution in [3.05, 3.63) is 82.2 Å². The maximum atomic E-state index is 11.9. The largest absolute Gasteiger partial charge is 0.464 e. The minimum absolute atomic E-state index is 0.0440. The summed E-state index contributed by atoms with van der Waals surface area (Å²) in [5, 5.41) is 3.92. The van der Waals surface area contributed by atoms with Gasteiger partial charge in [-0.3, -0.25) is 14.5 Å². The van der Waals surface area contributed by atoms with Crippen LogP contribution >= 0.6 is 0 Å². The number of likely N-dealkylation sites (tertiary alicyclic amines) is 1. The van der Waals surface area contributed by atoms with E-state index in [4.69, 9.17) is 14.2 Å². The number of piperidine rings is 1. The van der Waals surface area contributed by atoms with Gasteiger partial charge in [0, 0.05) is 31.8 Å². The van der Waals surface area contributed by atoms with Crippen LogP contribution in [0.5, 0.6) is 0 Å². The van der Waals surface area contributed by atoms with E-state index in [9.17, 15) is 15.1 Å². The molecule has 2 aromatic rings. The van der Waals surface area contributed by atoms with Crippen LogP contribution in [-0.4, -0.2) is 54.3 Å². The Morgan fingerprint density at radius 2 is 1.64 bits per heavy atom. The Morgan fingerprint density at radius 1 is 1.00 bits per heavy atom. The van der Waals surface area contributed by atoms with Crippen LogP contribution in [0, 0.1) is 0 Å². The molecule has 0 radical (unpaired) electrons. The lowest BCUT2D eigenvalue weighted by atomic mass is 9.91. The van der Waals surface area contributed by atoms with E-state index in [1.165, 1.54) is 13.8 Å². The average molecular weight is 453 g/mol. The van der Waals surface area contributed by atoms with E-state index in [0.717, 1.165) is 11.1 Å². The zero-order valence-electron chi connectivity index (χ0n) is 18.7. The van der Waals surface area contributed by atoms with E-state index in [0.29, 0.717) is 13.1 Å². The van der Waals surface area contributed by atoms with E-state index in [1.54, 1.807) is 0 Å². The second-order valence-corrected chi connectivity index (χ2v) is 7.89. The number of rotatable bonds is 9. The Hall–Kier alpha value is -3.39. The van der Waals surface area contributed by atoms with Crippen molar-refractivity contribution in [1.29, 1.82) is 0 Å². The summed E-state index contributed by atoms with van der Waals surface area (Å²) in [6.45, 7) is 3.77. The Balaban J connectivity index is 1.95. The van der Waals surface area contributed by atoms with Crippen molar-refractivity contribution in [2.45, 2.75) is 51.3 Å². The molecule has 1 saturated heterocycles. The summed E-state index contributed by atoms with van der Waals surface area (Å²) in [6.07, 6.45) is -1.52. The zero-order valence-corrected chi connectivity index (χ0v) is 18.7. The number of azide groups is 1. The molecule has 0 spiro atoms. The van der Waals surface area contributed by atoms with Crippen LogP contribution in [0.15, 0.2) is 65.8 Å². The highest BCUT2D eigenvalue weighted by Gasteiger charge is 2.46. The van der Waals surface area contributed by atoms with Gasteiger partial charge in [-0.2, -0.15) is 0 Å². The minimum Gasteiger partial charge on any atom is -0.464 e. The Kier molecular flexibility index (Phi) is 8.83. The molecule has 2 aromatic carbocycles. The molecule has 0 unspecified atom stereocenters. The van der Waals surface area contributed by atoms with Gasteiger partial charge in [-0.1, -0.05) is 65.8 Å². The SMILES string of the molecule is CC(=O)OC[C@@H]1[C@H](OCc2ccccc2)[C@H](OC(C)=O)[C@@H](N=[N+]=[N-])CN1Cc1ccccc1. The fourth-order valence-corrected chi connectivity index (χ4v) is 4.01. The maximum absolute atomic E-state index is 11.9. The number of carbonyl (C=O) groups is 2. The van der Waals surface area contributed by atoms with Gasteiger partial charge in [-0.05, 0) is 16.7 Å². The third kappa shape index (κ3) is 7.05. The normalized spacial score (nSPS) is 22.7. The molecule has 1 fully saturated rings. The van der Waals surface area contributed by atoms with Crippen LogP contribution in [0.25, 0.3) is 10.4 Å². The van der Waals surface area contributed by atoms with Crippen LogP contribution in [0.4, 0.5) is 0 Å². The lowest BCUT2D eigenvalue weighted by Crippen LogP contribution is -2.63. The molecule has 33 heavy (non-hydrogen) atoms. The van der Waals surface area contributed by atoms with E-state index in [2.05, 4.69) is 10.0 Å². The second kappa shape index (κ2) is 12.0. The standard InChI is InChI=1S/C24H28N4O5/c1-17(29)31-16-22-24(32-15-20-11-7-4-8-12-20)23(33-18(2)30)21(26-27-25)14-28(22)13-19-9-5-3-6-10-19/h3-12,21-24H,13-16H2,1-2H3/t21-,22+,23+,24-/m0/s1. The molecule has 9 nitrogen and oxygen atoms in total. The van der Waals surface area contributed by atoms with Gasteiger partial charge >= 0.3 is 11.9 Å². The molecule has 0 aliphatic carbocycles. The fourth-order valence-electron chi connectivity index (χ4n) is 4.01. The summed E-state index contributed by atoms with van der Waals surface area (Å²) in [5.74, 6) is -0.924. The number of carbonyl (C=O) groups excluding carboxylic acids is 2. The molecule has 3 rings (SSSR count). The molecule has 1 aliphatic heterocycles. The smallest absolute Gasteiger partial charge is 0.303 e. The lowest BCUT2D eigenvalue weighted by molar-refractivity contribution is -0.180. The second-order valence-electron chi connectivity index (χ2n) is 7.89. The molecule has 0 N–H and O–H groups in total. The molecule has 0 aromatic heterocycles. The third-order valence-corrected chi connectivity index (χ3v) is 5.45.